The number of amides is 3. The molecule has 0 spiro atoms. The topological polar surface area (TPSA) is 99.0 Å². The Balaban J connectivity index is 1.56. The van der Waals surface area contributed by atoms with Gasteiger partial charge in [-0.2, -0.15) is 0 Å². The van der Waals surface area contributed by atoms with E-state index in [-0.39, 0.29) is 17.7 Å². The lowest BCUT2D eigenvalue weighted by molar-refractivity contribution is -0.147. The van der Waals surface area contributed by atoms with Gasteiger partial charge in [0.1, 0.15) is 12.1 Å². The van der Waals surface area contributed by atoms with E-state index in [1.807, 2.05) is 67.4 Å². The van der Waals surface area contributed by atoms with Crippen molar-refractivity contribution in [1.29, 1.82) is 0 Å². The SMILES string of the molecule is CN(C(=O)/C=C/CC(C)(C)N)[C@H](CCc1ccc(-c2ccccc2)cc1)C(=O)N(C)[C@H](Cc1ccccc1)C(=O)NN1CCCC1. The highest BCUT2D eigenvalue weighted by atomic mass is 16.2. The third kappa shape index (κ3) is 10.1. The summed E-state index contributed by atoms with van der Waals surface area (Å²) < 4.78 is 0. The van der Waals surface area contributed by atoms with Gasteiger partial charge in [0.15, 0.2) is 0 Å². The number of likely N-dealkylation sites (N-methyl/N-ethyl adjacent to an activating group) is 2. The Morgan fingerprint density at radius 3 is 2.02 bits per heavy atom. The predicted octanol–water partition coefficient (Wildman–Crippen LogP) is 4.99. The van der Waals surface area contributed by atoms with Crippen LogP contribution in [0.3, 0.4) is 0 Å². The van der Waals surface area contributed by atoms with Crippen molar-refractivity contribution in [2.24, 2.45) is 5.73 Å². The number of nitrogens with two attached hydrogens (primary N) is 1. The predicted molar refractivity (Wildman–Crippen MR) is 184 cm³/mol. The Morgan fingerprint density at radius 1 is 0.826 bits per heavy atom. The van der Waals surface area contributed by atoms with Gasteiger partial charge < -0.3 is 15.5 Å². The van der Waals surface area contributed by atoms with E-state index in [1.54, 1.807) is 20.2 Å². The standard InChI is InChI=1S/C38H49N5O3/c1-38(2,39)25-13-18-35(44)41(3)33(24-21-29-19-22-32(23-20-29)31-16-9-6-10-17-31)37(46)42(4)34(28-30-14-7-5-8-15-30)36(45)40-43-26-11-12-27-43/h5-10,13-20,22-23,33-34H,11-12,21,24-28,39H2,1-4H3,(H,40,45)/b18-13+/t33-,34-/m1/s1. The first-order valence-electron chi connectivity index (χ1n) is 16.2. The smallest absolute Gasteiger partial charge is 0.257 e. The van der Waals surface area contributed by atoms with Crippen LogP contribution in [0, 0.1) is 0 Å². The van der Waals surface area contributed by atoms with Crippen molar-refractivity contribution in [2.75, 3.05) is 27.2 Å². The largest absolute Gasteiger partial charge is 0.332 e. The van der Waals surface area contributed by atoms with E-state index in [4.69, 9.17) is 5.73 Å². The van der Waals surface area contributed by atoms with E-state index in [0.29, 0.717) is 25.7 Å². The van der Waals surface area contributed by atoms with E-state index < -0.39 is 17.6 Å². The van der Waals surface area contributed by atoms with Gasteiger partial charge in [-0.15, -0.1) is 0 Å². The maximum atomic E-state index is 14.4. The van der Waals surface area contributed by atoms with Crippen molar-refractivity contribution in [1.82, 2.24) is 20.2 Å². The third-order valence-corrected chi connectivity index (χ3v) is 8.54. The molecule has 0 radical (unpaired) electrons. The van der Waals surface area contributed by atoms with Crippen LogP contribution in [0.5, 0.6) is 0 Å². The zero-order valence-corrected chi connectivity index (χ0v) is 27.7. The monoisotopic (exact) mass is 623 g/mol. The van der Waals surface area contributed by atoms with Gasteiger partial charge in [-0.1, -0.05) is 91.0 Å². The summed E-state index contributed by atoms with van der Waals surface area (Å²) in [6, 6.07) is 26.7. The molecule has 1 fully saturated rings. The number of carbonyl (C=O) groups excluding carboxylic acids is 3. The summed E-state index contributed by atoms with van der Waals surface area (Å²) in [4.78, 5) is 44.4. The lowest BCUT2D eigenvalue weighted by Gasteiger charge is -2.35. The molecule has 0 unspecified atom stereocenters. The van der Waals surface area contributed by atoms with Crippen LogP contribution in [0.1, 0.15) is 50.7 Å². The van der Waals surface area contributed by atoms with Crippen LogP contribution in [-0.2, 0) is 27.2 Å². The number of carbonyl (C=O) groups is 3. The summed E-state index contributed by atoms with van der Waals surface area (Å²) in [5.41, 5.74) is 13.0. The van der Waals surface area contributed by atoms with Gasteiger partial charge in [-0.25, -0.2) is 5.01 Å². The van der Waals surface area contributed by atoms with Crippen LogP contribution in [0.25, 0.3) is 11.1 Å². The molecule has 46 heavy (non-hydrogen) atoms. The molecule has 0 saturated carbocycles. The number of hydrazine groups is 1. The average Bonchev–Trinajstić information content (AvgIpc) is 3.56. The normalized spacial score (nSPS) is 15.0. The molecular formula is C38H49N5O3. The Bertz CT molecular complexity index is 1450. The molecule has 3 amide bonds. The Hall–Kier alpha value is -4.27. The summed E-state index contributed by atoms with van der Waals surface area (Å²) in [7, 11) is 3.33. The van der Waals surface area contributed by atoms with E-state index in [0.717, 1.165) is 48.2 Å². The van der Waals surface area contributed by atoms with Gasteiger partial charge in [-0.05, 0) is 74.3 Å². The zero-order valence-electron chi connectivity index (χ0n) is 27.7. The summed E-state index contributed by atoms with van der Waals surface area (Å²) in [5.74, 6) is -0.783. The first kappa shape index (κ1) is 34.6. The van der Waals surface area contributed by atoms with Crippen LogP contribution in [0.15, 0.2) is 97.1 Å². The number of benzene rings is 3. The van der Waals surface area contributed by atoms with Gasteiger partial charge in [0, 0.05) is 39.1 Å². The molecule has 1 aliphatic rings. The first-order valence-corrected chi connectivity index (χ1v) is 16.2. The molecule has 0 bridgehead atoms. The molecule has 1 heterocycles. The fraction of sp³-hybridized carbons (Fsp3) is 0.395. The fourth-order valence-corrected chi connectivity index (χ4v) is 5.71. The zero-order chi connectivity index (χ0) is 33.1. The number of nitrogens with zero attached hydrogens (tertiary/aromatic N) is 3. The van der Waals surface area contributed by atoms with Gasteiger partial charge in [0.05, 0.1) is 0 Å². The van der Waals surface area contributed by atoms with Gasteiger partial charge in [0.2, 0.25) is 11.8 Å². The molecule has 3 N–H and O–H groups in total. The molecule has 4 rings (SSSR count). The molecular weight excluding hydrogens is 574 g/mol. The molecule has 244 valence electrons. The molecule has 2 atom stereocenters. The minimum atomic E-state index is -0.778. The molecule has 1 aliphatic heterocycles. The van der Waals surface area contributed by atoms with Crippen molar-refractivity contribution in [3.05, 3.63) is 108 Å². The number of nitrogens with one attached hydrogen (secondary N) is 1. The third-order valence-electron chi connectivity index (χ3n) is 8.54. The number of hydrogen-bond donors (Lipinski definition) is 2. The van der Waals surface area contributed by atoms with E-state index in [1.165, 1.54) is 15.9 Å². The molecule has 1 saturated heterocycles. The lowest BCUT2D eigenvalue weighted by atomic mass is 9.98. The van der Waals surface area contributed by atoms with Crippen molar-refractivity contribution >= 4 is 17.7 Å². The van der Waals surface area contributed by atoms with Gasteiger partial charge in [-0.3, -0.25) is 19.8 Å². The minimum absolute atomic E-state index is 0.226. The summed E-state index contributed by atoms with van der Waals surface area (Å²) in [6.07, 6.45) is 7.16. The average molecular weight is 624 g/mol. The van der Waals surface area contributed by atoms with E-state index in [2.05, 4.69) is 41.8 Å². The van der Waals surface area contributed by atoms with Crippen molar-refractivity contribution in [3.63, 3.8) is 0 Å². The molecule has 0 aliphatic carbocycles. The fourth-order valence-electron chi connectivity index (χ4n) is 5.71. The molecule has 3 aromatic carbocycles. The van der Waals surface area contributed by atoms with Gasteiger partial charge in [0.25, 0.3) is 5.91 Å². The van der Waals surface area contributed by atoms with E-state index in [9.17, 15) is 14.4 Å². The summed E-state index contributed by atoms with van der Waals surface area (Å²) in [5, 5.41) is 1.93. The Labute approximate surface area is 274 Å². The second-order valence-electron chi connectivity index (χ2n) is 13.0. The lowest BCUT2D eigenvalue weighted by Crippen LogP contribution is -2.57. The molecule has 8 nitrogen and oxygen atoms in total. The second kappa shape index (κ2) is 16.3. The highest BCUT2D eigenvalue weighted by Crippen LogP contribution is 2.21. The van der Waals surface area contributed by atoms with Crippen LogP contribution in [0.4, 0.5) is 0 Å². The van der Waals surface area contributed by atoms with Crippen LogP contribution >= 0.6 is 0 Å². The van der Waals surface area contributed by atoms with Crippen LogP contribution in [0.2, 0.25) is 0 Å². The maximum Gasteiger partial charge on any atom is 0.257 e. The quantitative estimate of drug-likeness (QED) is 0.247. The number of aryl methyl sites for hydroxylation is 1. The van der Waals surface area contributed by atoms with Crippen LogP contribution in [-0.4, -0.2) is 77.3 Å². The van der Waals surface area contributed by atoms with Gasteiger partial charge >= 0.3 is 0 Å². The summed E-state index contributed by atoms with van der Waals surface area (Å²) in [6.45, 7) is 5.37. The molecule has 8 heteroatoms. The number of rotatable bonds is 14. The van der Waals surface area contributed by atoms with Crippen molar-refractivity contribution < 1.29 is 14.4 Å². The Morgan fingerprint density at radius 2 is 1.41 bits per heavy atom. The molecule has 3 aromatic rings. The Kier molecular flexibility index (Phi) is 12.3. The minimum Gasteiger partial charge on any atom is -0.332 e. The van der Waals surface area contributed by atoms with E-state index >= 15 is 0 Å². The van der Waals surface area contributed by atoms with Crippen molar-refractivity contribution in [3.8, 4) is 11.1 Å². The van der Waals surface area contributed by atoms with Crippen LogP contribution < -0.4 is 11.2 Å². The van der Waals surface area contributed by atoms with Crippen molar-refractivity contribution in [2.45, 2.75) is 70.0 Å². The molecule has 0 aromatic heterocycles. The maximum absolute atomic E-state index is 14.4. The highest BCUT2D eigenvalue weighted by Gasteiger charge is 2.35. The number of hydrogen-bond acceptors (Lipinski definition) is 5. The first-order chi connectivity index (χ1) is 22.0. The summed E-state index contributed by atoms with van der Waals surface area (Å²) >= 11 is 0. The second-order valence-corrected chi connectivity index (χ2v) is 13.0. The highest BCUT2D eigenvalue weighted by molar-refractivity contribution is 5.94.